The lowest BCUT2D eigenvalue weighted by Gasteiger charge is -2.21. The van der Waals surface area contributed by atoms with Gasteiger partial charge in [-0.3, -0.25) is 4.79 Å². The van der Waals surface area contributed by atoms with Crippen molar-refractivity contribution >= 4 is 5.91 Å². The summed E-state index contributed by atoms with van der Waals surface area (Å²) in [6.45, 7) is 8.01. The first-order valence-electron chi connectivity index (χ1n) is 6.69. The van der Waals surface area contributed by atoms with Crippen LogP contribution in [0.5, 0.6) is 0 Å². The van der Waals surface area contributed by atoms with E-state index in [9.17, 15) is 4.79 Å². The highest BCUT2D eigenvalue weighted by Crippen LogP contribution is 2.33. The first-order valence-corrected chi connectivity index (χ1v) is 6.69. The van der Waals surface area contributed by atoms with Crippen molar-refractivity contribution in [1.29, 1.82) is 0 Å². The van der Waals surface area contributed by atoms with Gasteiger partial charge in [0.2, 0.25) is 5.91 Å². The topological polar surface area (TPSA) is 41.1 Å². The summed E-state index contributed by atoms with van der Waals surface area (Å²) in [7, 11) is 0. The quantitative estimate of drug-likeness (QED) is 0.679. The molecule has 1 aliphatic carbocycles. The molecule has 16 heavy (non-hydrogen) atoms. The van der Waals surface area contributed by atoms with E-state index in [-0.39, 0.29) is 5.91 Å². The van der Waals surface area contributed by atoms with Crippen molar-refractivity contribution in [2.24, 2.45) is 11.8 Å². The summed E-state index contributed by atoms with van der Waals surface area (Å²) in [4.78, 5) is 11.6. The first kappa shape index (κ1) is 13.5. The zero-order valence-corrected chi connectivity index (χ0v) is 10.9. The van der Waals surface area contributed by atoms with Crippen LogP contribution >= 0.6 is 0 Å². The van der Waals surface area contributed by atoms with Crippen molar-refractivity contribution in [3.63, 3.8) is 0 Å². The average molecular weight is 226 g/mol. The van der Waals surface area contributed by atoms with E-state index in [0.29, 0.717) is 18.5 Å². The van der Waals surface area contributed by atoms with Crippen LogP contribution in [0.1, 0.15) is 46.5 Å². The van der Waals surface area contributed by atoms with Gasteiger partial charge in [-0.25, -0.2) is 0 Å². The molecule has 0 radical (unpaired) electrons. The largest absolute Gasteiger partial charge is 0.352 e. The van der Waals surface area contributed by atoms with Crippen molar-refractivity contribution in [1.82, 2.24) is 10.6 Å². The summed E-state index contributed by atoms with van der Waals surface area (Å²) < 4.78 is 0. The summed E-state index contributed by atoms with van der Waals surface area (Å²) in [6, 6.07) is 0.404. The van der Waals surface area contributed by atoms with Crippen LogP contribution in [0.25, 0.3) is 0 Å². The summed E-state index contributed by atoms with van der Waals surface area (Å²) in [6.07, 6.45) is 4.73. The second-order valence-electron chi connectivity index (χ2n) is 4.96. The number of nitrogens with one attached hydrogen (secondary N) is 2. The Morgan fingerprint density at radius 1 is 1.31 bits per heavy atom. The lowest BCUT2D eigenvalue weighted by Crippen LogP contribution is -2.42. The van der Waals surface area contributed by atoms with Crippen molar-refractivity contribution < 1.29 is 4.79 Å². The Labute approximate surface area is 99.4 Å². The van der Waals surface area contributed by atoms with E-state index in [2.05, 4.69) is 31.4 Å². The Morgan fingerprint density at radius 2 is 2.06 bits per heavy atom. The predicted molar refractivity (Wildman–Crippen MR) is 67.3 cm³/mol. The number of amides is 1. The minimum Gasteiger partial charge on any atom is -0.352 e. The standard InChI is InChI=1S/C13H26N2O/c1-4-8-14-9-13(16)15-12-7-6-11(5-2)10(12)3/h10-12,14H,4-9H2,1-3H3,(H,15,16). The third-order valence-corrected chi connectivity index (χ3v) is 3.81. The molecule has 3 unspecified atom stereocenters. The normalized spacial score (nSPS) is 29.3. The summed E-state index contributed by atoms with van der Waals surface area (Å²) in [5.74, 6) is 1.59. The monoisotopic (exact) mass is 226 g/mol. The molecule has 0 aromatic heterocycles. The van der Waals surface area contributed by atoms with Gasteiger partial charge in [0.05, 0.1) is 6.54 Å². The van der Waals surface area contributed by atoms with E-state index in [1.807, 2.05) is 0 Å². The Hall–Kier alpha value is -0.570. The van der Waals surface area contributed by atoms with E-state index in [0.717, 1.165) is 25.3 Å². The molecular weight excluding hydrogens is 200 g/mol. The Bertz CT molecular complexity index is 218. The highest BCUT2D eigenvalue weighted by molar-refractivity contribution is 5.78. The fraction of sp³-hybridized carbons (Fsp3) is 0.923. The Morgan fingerprint density at radius 3 is 2.62 bits per heavy atom. The minimum atomic E-state index is 0.155. The maximum atomic E-state index is 11.6. The molecule has 2 N–H and O–H groups in total. The number of hydrogen-bond acceptors (Lipinski definition) is 2. The van der Waals surface area contributed by atoms with Crippen LogP contribution in [0.15, 0.2) is 0 Å². The first-order chi connectivity index (χ1) is 7.69. The van der Waals surface area contributed by atoms with Crippen LogP contribution in [0.4, 0.5) is 0 Å². The summed E-state index contributed by atoms with van der Waals surface area (Å²) in [5.41, 5.74) is 0. The fourth-order valence-electron chi connectivity index (χ4n) is 2.66. The van der Waals surface area contributed by atoms with Gasteiger partial charge < -0.3 is 10.6 Å². The zero-order valence-electron chi connectivity index (χ0n) is 10.9. The zero-order chi connectivity index (χ0) is 12.0. The smallest absolute Gasteiger partial charge is 0.234 e. The van der Waals surface area contributed by atoms with E-state index >= 15 is 0 Å². The molecule has 1 aliphatic rings. The fourth-order valence-corrected chi connectivity index (χ4v) is 2.66. The second kappa shape index (κ2) is 6.89. The van der Waals surface area contributed by atoms with Gasteiger partial charge in [0.15, 0.2) is 0 Å². The van der Waals surface area contributed by atoms with Gasteiger partial charge in [-0.2, -0.15) is 0 Å². The molecular formula is C13H26N2O. The molecule has 1 saturated carbocycles. The van der Waals surface area contributed by atoms with Crippen molar-refractivity contribution in [2.45, 2.75) is 52.5 Å². The van der Waals surface area contributed by atoms with Crippen LogP contribution < -0.4 is 10.6 Å². The lowest BCUT2D eigenvalue weighted by atomic mass is 9.93. The summed E-state index contributed by atoms with van der Waals surface area (Å²) in [5, 5.41) is 6.29. The molecule has 1 rings (SSSR count). The predicted octanol–water partition coefficient (Wildman–Crippen LogP) is 1.93. The molecule has 3 nitrogen and oxygen atoms in total. The molecule has 0 aromatic rings. The van der Waals surface area contributed by atoms with Crippen molar-refractivity contribution in [3.05, 3.63) is 0 Å². The molecule has 0 aliphatic heterocycles. The number of carbonyl (C=O) groups excluding carboxylic acids is 1. The third kappa shape index (κ3) is 3.78. The highest BCUT2D eigenvalue weighted by Gasteiger charge is 2.32. The molecule has 94 valence electrons. The highest BCUT2D eigenvalue weighted by atomic mass is 16.1. The molecule has 0 bridgehead atoms. The number of carbonyl (C=O) groups is 1. The van der Waals surface area contributed by atoms with Gasteiger partial charge in [-0.05, 0) is 37.6 Å². The maximum absolute atomic E-state index is 11.6. The number of rotatable bonds is 6. The van der Waals surface area contributed by atoms with Gasteiger partial charge in [0.25, 0.3) is 0 Å². The minimum absolute atomic E-state index is 0.155. The van der Waals surface area contributed by atoms with Gasteiger partial charge in [-0.15, -0.1) is 0 Å². The molecule has 0 spiro atoms. The average Bonchev–Trinajstić information content (AvgIpc) is 2.60. The molecule has 3 heteroatoms. The maximum Gasteiger partial charge on any atom is 0.234 e. The van der Waals surface area contributed by atoms with Gasteiger partial charge >= 0.3 is 0 Å². The second-order valence-corrected chi connectivity index (χ2v) is 4.96. The molecule has 1 amide bonds. The third-order valence-electron chi connectivity index (χ3n) is 3.81. The van der Waals surface area contributed by atoms with Gasteiger partial charge in [-0.1, -0.05) is 27.2 Å². The Kier molecular flexibility index (Phi) is 5.81. The molecule has 0 heterocycles. The molecule has 0 aromatic carbocycles. The molecule has 3 atom stereocenters. The van der Waals surface area contributed by atoms with Crippen LogP contribution in [-0.2, 0) is 4.79 Å². The van der Waals surface area contributed by atoms with Crippen LogP contribution in [0, 0.1) is 11.8 Å². The van der Waals surface area contributed by atoms with Crippen molar-refractivity contribution in [2.75, 3.05) is 13.1 Å². The lowest BCUT2D eigenvalue weighted by molar-refractivity contribution is -0.121. The molecule has 0 saturated heterocycles. The van der Waals surface area contributed by atoms with Gasteiger partial charge in [0, 0.05) is 6.04 Å². The van der Waals surface area contributed by atoms with Crippen LogP contribution in [0.3, 0.4) is 0 Å². The molecule has 1 fully saturated rings. The number of hydrogen-bond donors (Lipinski definition) is 2. The van der Waals surface area contributed by atoms with E-state index in [4.69, 9.17) is 0 Å². The van der Waals surface area contributed by atoms with Gasteiger partial charge in [0.1, 0.15) is 0 Å². The SMILES string of the molecule is CCCNCC(=O)NC1CCC(CC)C1C. The Balaban J connectivity index is 2.24. The van der Waals surface area contributed by atoms with E-state index < -0.39 is 0 Å². The van der Waals surface area contributed by atoms with E-state index in [1.165, 1.54) is 12.8 Å². The van der Waals surface area contributed by atoms with Crippen LogP contribution in [-0.4, -0.2) is 25.0 Å². The van der Waals surface area contributed by atoms with E-state index in [1.54, 1.807) is 0 Å². The van der Waals surface area contributed by atoms with Crippen molar-refractivity contribution in [3.8, 4) is 0 Å². The van der Waals surface area contributed by atoms with Crippen LogP contribution in [0.2, 0.25) is 0 Å². The summed E-state index contributed by atoms with van der Waals surface area (Å²) >= 11 is 0.